The first-order valence-electron chi connectivity index (χ1n) is 4.68. The van der Waals surface area contributed by atoms with Gasteiger partial charge in [0.05, 0.1) is 18.3 Å². The Morgan fingerprint density at radius 1 is 1.47 bits per heavy atom. The van der Waals surface area contributed by atoms with E-state index in [0.29, 0.717) is 18.7 Å². The van der Waals surface area contributed by atoms with Crippen LogP contribution in [-0.4, -0.2) is 22.2 Å². The maximum Gasteiger partial charge on any atom is 0.248 e. The Hall–Kier alpha value is -1.88. The van der Waals surface area contributed by atoms with Crippen LogP contribution in [0.1, 0.15) is 10.4 Å². The van der Waals surface area contributed by atoms with Crippen LogP contribution in [0, 0.1) is 0 Å². The highest BCUT2D eigenvalue weighted by atomic mass is 16.1. The van der Waals surface area contributed by atoms with E-state index in [1.807, 2.05) is 6.07 Å². The summed E-state index contributed by atoms with van der Waals surface area (Å²) in [5.41, 5.74) is 12.0. The predicted molar refractivity (Wildman–Crippen MR) is 57.3 cm³/mol. The number of carbonyl (C=O) groups is 1. The fourth-order valence-corrected chi connectivity index (χ4v) is 1.52. The Bertz CT molecular complexity index is 503. The highest BCUT2D eigenvalue weighted by Gasteiger charge is 2.05. The minimum Gasteiger partial charge on any atom is -0.366 e. The van der Waals surface area contributed by atoms with Crippen LogP contribution >= 0.6 is 0 Å². The lowest BCUT2D eigenvalue weighted by atomic mass is 10.1. The zero-order valence-electron chi connectivity index (χ0n) is 8.18. The first-order chi connectivity index (χ1) is 7.22. The van der Waals surface area contributed by atoms with Crippen LogP contribution in [0.25, 0.3) is 10.9 Å². The van der Waals surface area contributed by atoms with Gasteiger partial charge >= 0.3 is 0 Å². The quantitative estimate of drug-likeness (QED) is 0.743. The van der Waals surface area contributed by atoms with Crippen LogP contribution in [0.2, 0.25) is 0 Å². The number of hydrogen-bond donors (Lipinski definition) is 2. The molecule has 0 radical (unpaired) electrons. The second kappa shape index (κ2) is 3.70. The number of hydrogen-bond acceptors (Lipinski definition) is 3. The minimum atomic E-state index is -0.433. The van der Waals surface area contributed by atoms with Crippen LogP contribution in [-0.2, 0) is 6.54 Å². The van der Waals surface area contributed by atoms with Gasteiger partial charge in [0, 0.05) is 17.5 Å². The van der Waals surface area contributed by atoms with Crippen molar-refractivity contribution in [3.8, 4) is 0 Å². The summed E-state index contributed by atoms with van der Waals surface area (Å²) >= 11 is 0. The molecule has 2 aromatic rings. The first kappa shape index (κ1) is 9.67. The summed E-state index contributed by atoms with van der Waals surface area (Å²) in [5, 5.41) is 5.15. The average Bonchev–Trinajstić information content (AvgIpc) is 2.61. The van der Waals surface area contributed by atoms with Gasteiger partial charge in [-0.25, -0.2) is 0 Å². The van der Waals surface area contributed by atoms with Crippen LogP contribution in [0.4, 0.5) is 0 Å². The molecule has 5 heteroatoms. The van der Waals surface area contributed by atoms with Crippen molar-refractivity contribution < 1.29 is 4.79 Å². The van der Waals surface area contributed by atoms with E-state index < -0.39 is 5.91 Å². The minimum absolute atomic E-state index is 0.433. The molecule has 0 aliphatic heterocycles. The molecule has 0 spiro atoms. The van der Waals surface area contributed by atoms with Crippen molar-refractivity contribution in [2.24, 2.45) is 11.5 Å². The van der Waals surface area contributed by atoms with Crippen molar-refractivity contribution in [1.29, 1.82) is 0 Å². The molecule has 1 amide bonds. The third kappa shape index (κ3) is 1.69. The summed E-state index contributed by atoms with van der Waals surface area (Å²) in [5.74, 6) is -0.433. The second-order valence-corrected chi connectivity index (χ2v) is 3.29. The molecule has 1 aromatic heterocycles. The summed E-state index contributed by atoms with van der Waals surface area (Å²) in [6, 6.07) is 5.26. The lowest BCUT2D eigenvalue weighted by Gasteiger charge is -2.01. The molecule has 0 unspecified atom stereocenters. The van der Waals surface area contributed by atoms with Crippen LogP contribution in [0.5, 0.6) is 0 Å². The molecule has 0 aliphatic rings. The number of rotatable bonds is 3. The summed E-state index contributed by atoms with van der Waals surface area (Å²) in [6.45, 7) is 1.14. The number of nitrogens with two attached hydrogens (primary N) is 2. The van der Waals surface area contributed by atoms with Gasteiger partial charge in [-0.2, -0.15) is 5.10 Å². The van der Waals surface area contributed by atoms with E-state index in [4.69, 9.17) is 11.5 Å². The van der Waals surface area contributed by atoms with Crippen molar-refractivity contribution in [3.05, 3.63) is 30.0 Å². The molecule has 0 saturated carbocycles. The summed E-state index contributed by atoms with van der Waals surface area (Å²) in [4.78, 5) is 11.0. The topological polar surface area (TPSA) is 86.9 Å². The van der Waals surface area contributed by atoms with Gasteiger partial charge in [-0.3, -0.25) is 9.48 Å². The van der Waals surface area contributed by atoms with E-state index in [9.17, 15) is 4.79 Å². The number of nitrogens with zero attached hydrogens (tertiary/aromatic N) is 2. The van der Waals surface area contributed by atoms with Crippen LogP contribution in [0.3, 0.4) is 0 Å². The normalized spacial score (nSPS) is 10.7. The molecule has 5 nitrogen and oxygen atoms in total. The van der Waals surface area contributed by atoms with E-state index in [0.717, 1.165) is 10.9 Å². The molecule has 0 bridgehead atoms. The molecule has 0 aliphatic carbocycles. The van der Waals surface area contributed by atoms with Gasteiger partial charge in [0.1, 0.15) is 0 Å². The Labute approximate surface area is 86.7 Å². The zero-order chi connectivity index (χ0) is 10.8. The van der Waals surface area contributed by atoms with Crippen LogP contribution < -0.4 is 11.5 Å². The van der Waals surface area contributed by atoms with Gasteiger partial charge in [-0.1, -0.05) is 6.07 Å². The average molecular weight is 204 g/mol. The van der Waals surface area contributed by atoms with E-state index in [-0.39, 0.29) is 0 Å². The van der Waals surface area contributed by atoms with Crippen LogP contribution in [0.15, 0.2) is 24.4 Å². The maximum absolute atomic E-state index is 11.0. The number of aromatic nitrogens is 2. The van der Waals surface area contributed by atoms with Crippen molar-refractivity contribution >= 4 is 16.8 Å². The molecule has 15 heavy (non-hydrogen) atoms. The van der Waals surface area contributed by atoms with E-state index in [1.165, 1.54) is 0 Å². The molecular weight excluding hydrogens is 192 g/mol. The molecule has 0 saturated heterocycles. The van der Waals surface area contributed by atoms with Gasteiger partial charge in [-0.05, 0) is 12.1 Å². The second-order valence-electron chi connectivity index (χ2n) is 3.29. The fourth-order valence-electron chi connectivity index (χ4n) is 1.52. The molecule has 2 rings (SSSR count). The lowest BCUT2D eigenvalue weighted by molar-refractivity contribution is 0.100. The van der Waals surface area contributed by atoms with Gasteiger partial charge < -0.3 is 11.5 Å². The Morgan fingerprint density at radius 2 is 2.27 bits per heavy atom. The van der Waals surface area contributed by atoms with Gasteiger partial charge in [-0.15, -0.1) is 0 Å². The molecule has 4 N–H and O–H groups in total. The number of fused-ring (bicyclic) bond motifs is 1. The predicted octanol–water partition coefficient (Wildman–Crippen LogP) is 0.0939. The summed E-state index contributed by atoms with van der Waals surface area (Å²) in [7, 11) is 0. The SMILES string of the molecule is NCCn1ncc2ccc(C(N)=O)cc21. The summed E-state index contributed by atoms with van der Waals surface area (Å²) in [6.07, 6.45) is 1.75. The molecular formula is C10H12N4O. The van der Waals surface area contributed by atoms with Gasteiger partial charge in [0.25, 0.3) is 0 Å². The van der Waals surface area contributed by atoms with E-state index in [2.05, 4.69) is 5.10 Å². The number of primary amides is 1. The smallest absolute Gasteiger partial charge is 0.248 e. The first-order valence-corrected chi connectivity index (χ1v) is 4.68. The van der Waals surface area contributed by atoms with Gasteiger partial charge in [0.2, 0.25) is 5.91 Å². The largest absolute Gasteiger partial charge is 0.366 e. The van der Waals surface area contributed by atoms with E-state index in [1.54, 1.807) is 23.0 Å². The number of amides is 1. The van der Waals surface area contributed by atoms with Gasteiger partial charge in [0.15, 0.2) is 0 Å². The lowest BCUT2D eigenvalue weighted by Crippen LogP contribution is -2.12. The van der Waals surface area contributed by atoms with Crippen molar-refractivity contribution in [2.75, 3.05) is 6.54 Å². The van der Waals surface area contributed by atoms with Crippen molar-refractivity contribution in [3.63, 3.8) is 0 Å². The zero-order valence-corrected chi connectivity index (χ0v) is 8.18. The Morgan fingerprint density at radius 3 is 2.93 bits per heavy atom. The Kier molecular flexibility index (Phi) is 2.39. The third-order valence-corrected chi connectivity index (χ3v) is 2.27. The fraction of sp³-hybridized carbons (Fsp3) is 0.200. The highest BCUT2D eigenvalue weighted by molar-refractivity contribution is 5.96. The molecule has 0 atom stereocenters. The molecule has 0 fully saturated rings. The monoisotopic (exact) mass is 204 g/mol. The molecule has 1 aromatic carbocycles. The molecule has 1 heterocycles. The van der Waals surface area contributed by atoms with Crippen molar-refractivity contribution in [2.45, 2.75) is 6.54 Å². The number of benzene rings is 1. The Balaban J connectivity index is 2.56. The summed E-state index contributed by atoms with van der Waals surface area (Å²) < 4.78 is 1.77. The highest BCUT2D eigenvalue weighted by Crippen LogP contribution is 2.15. The standard InChI is InChI=1S/C10H12N4O/c11-3-4-14-9-5-7(10(12)15)1-2-8(9)6-13-14/h1-2,5-6H,3-4,11H2,(H2,12,15). The number of carbonyl (C=O) groups excluding carboxylic acids is 1. The van der Waals surface area contributed by atoms with E-state index >= 15 is 0 Å². The maximum atomic E-state index is 11.0. The van der Waals surface area contributed by atoms with Crippen molar-refractivity contribution in [1.82, 2.24) is 9.78 Å². The molecule has 78 valence electrons. The third-order valence-electron chi connectivity index (χ3n) is 2.27.